The van der Waals surface area contributed by atoms with Crippen LogP contribution in [-0.4, -0.2) is 23.0 Å². The number of alkyl halides is 6. The molecule has 2 N–H and O–H groups in total. The Hall–Kier alpha value is -3.11. The summed E-state index contributed by atoms with van der Waals surface area (Å²) in [5.41, 5.74) is -2.94. The lowest BCUT2D eigenvalue weighted by Crippen LogP contribution is -2.38. The van der Waals surface area contributed by atoms with Gasteiger partial charge >= 0.3 is 12.4 Å². The SMILES string of the molecule is O=C1CCc2cc(C(NC(=O)c3ccncc3)C(F)(F)F)cc(C(F)(F)F)c2N1. The van der Waals surface area contributed by atoms with Crippen molar-refractivity contribution in [3.8, 4) is 0 Å². The van der Waals surface area contributed by atoms with Crippen molar-refractivity contribution < 1.29 is 35.9 Å². The highest BCUT2D eigenvalue weighted by molar-refractivity contribution is 5.95. The number of aromatic nitrogens is 1. The number of fused-ring (bicyclic) bond motifs is 1. The molecule has 11 heteroatoms. The van der Waals surface area contributed by atoms with E-state index in [4.69, 9.17) is 0 Å². The largest absolute Gasteiger partial charge is 0.418 e. The fourth-order valence-electron chi connectivity index (χ4n) is 2.98. The molecule has 0 saturated carbocycles. The number of benzene rings is 1. The van der Waals surface area contributed by atoms with E-state index in [1.165, 1.54) is 24.5 Å². The Bertz CT molecular complexity index is 941. The van der Waals surface area contributed by atoms with Gasteiger partial charge in [-0.05, 0) is 35.7 Å². The average Bonchev–Trinajstić information content (AvgIpc) is 2.64. The van der Waals surface area contributed by atoms with Crippen LogP contribution in [0.3, 0.4) is 0 Å². The van der Waals surface area contributed by atoms with Crippen LogP contribution in [0.4, 0.5) is 32.0 Å². The van der Waals surface area contributed by atoms with E-state index >= 15 is 0 Å². The zero-order valence-corrected chi connectivity index (χ0v) is 14.5. The standard InChI is InChI=1S/C18H13F6N3O2/c19-17(20,21)12-8-11(7-10-1-2-13(28)26-14(10)12)15(18(22,23)24)27-16(29)9-3-5-25-6-4-9/h3-8,15H,1-2H2,(H,26,28)(H,27,29). The smallest absolute Gasteiger partial charge is 0.337 e. The Morgan fingerprint density at radius 3 is 2.31 bits per heavy atom. The van der Waals surface area contributed by atoms with Crippen LogP contribution in [0.5, 0.6) is 0 Å². The van der Waals surface area contributed by atoms with Gasteiger partial charge in [-0.2, -0.15) is 26.3 Å². The van der Waals surface area contributed by atoms with E-state index in [1.807, 2.05) is 0 Å². The first-order valence-corrected chi connectivity index (χ1v) is 8.28. The highest BCUT2D eigenvalue weighted by Gasteiger charge is 2.44. The minimum Gasteiger partial charge on any atom is -0.337 e. The van der Waals surface area contributed by atoms with Gasteiger partial charge in [0.2, 0.25) is 5.91 Å². The molecule has 29 heavy (non-hydrogen) atoms. The minimum absolute atomic E-state index is 0.0816. The molecular weight excluding hydrogens is 404 g/mol. The first-order chi connectivity index (χ1) is 13.5. The van der Waals surface area contributed by atoms with Crippen molar-refractivity contribution in [1.29, 1.82) is 0 Å². The van der Waals surface area contributed by atoms with Gasteiger partial charge in [0.15, 0.2) is 6.04 Å². The van der Waals surface area contributed by atoms with Gasteiger partial charge in [0.1, 0.15) is 0 Å². The predicted octanol–water partition coefficient (Wildman–Crippen LogP) is 4.02. The molecule has 5 nitrogen and oxygen atoms in total. The van der Waals surface area contributed by atoms with E-state index in [0.717, 1.165) is 6.07 Å². The summed E-state index contributed by atoms with van der Waals surface area (Å²) in [6.45, 7) is 0. The van der Waals surface area contributed by atoms with E-state index in [1.54, 1.807) is 5.32 Å². The van der Waals surface area contributed by atoms with Gasteiger partial charge in [0, 0.05) is 24.4 Å². The molecule has 2 heterocycles. The van der Waals surface area contributed by atoms with Crippen LogP contribution >= 0.6 is 0 Å². The van der Waals surface area contributed by atoms with Crippen LogP contribution in [0.1, 0.15) is 39.5 Å². The topological polar surface area (TPSA) is 71.1 Å². The molecule has 1 aromatic heterocycles. The van der Waals surface area contributed by atoms with E-state index in [0.29, 0.717) is 6.07 Å². The molecule has 0 bridgehead atoms. The Morgan fingerprint density at radius 2 is 1.72 bits per heavy atom. The Balaban J connectivity index is 2.07. The molecule has 1 aliphatic heterocycles. The molecular formula is C18H13F6N3O2. The van der Waals surface area contributed by atoms with Gasteiger partial charge in [0.25, 0.3) is 5.91 Å². The summed E-state index contributed by atoms with van der Waals surface area (Å²) >= 11 is 0. The minimum atomic E-state index is -5.06. The van der Waals surface area contributed by atoms with E-state index in [2.05, 4.69) is 10.3 Å². The summed E-state index contributed by atoms with van der Waals surface area (Å²) in [6.07, 6.45) is -7.98. The summed E-state index contributed by atoms with van der Waals surface area (Å²) in [5.74, 6) is -1.77. The molecule has 1 aliphatic rings. The van der Waals surface area contributed by atoms with Crippen molar-refractivity contribution in [2.75, 3.05) is 5.32 Å². The number of hydrogen-bond donors (Lipinski definition) is 2. The van der Waals surface area contributed by atoms with Crippen molar-refractivity contribution in [1.82, 2.24) is 10.3 Å². The Kier molecular flexibility index (Phi) is 5.24. The zero-order valence-electron chi connectivity index (χ0n) is 14.5. The molecule has 3 rings (SSSR count). The number of halogens is 6. The lowest BCUT2D eigenvalue weighted by Gasteiger charge is -2.27. The third-order valence-corrected chi connectivity index (χ3v) is 4.31. The number of carbonyl (C=O) groups is 2. The number of nitrogens with zero attached hydrogens (tertiary/aromatic N) is 1. The molecule has 1 atom stereocenters. The maximum atomic E-state index is 13.6. The highest BCUT2D eigenvalue weighted by atomic mass is 19.4. The van der Waals surface area contributed by atoms with Gasteiger partial charge in [0.05, 0.1) is 11.3 Å². The number of rotatable bonds is 3. The van der Waals surface area contributed by atoms with E-state index in [-0.39, 0.29) is 24.0 Å². The molecule has 0 fully saturated rings. The lowest BCUT2D eigenvalue weighted by molar-refractivity contribution is -0.156. The molecule has 1 unspecified atom stereocenters. The number of anilines is 1. The quantitative estimate of drug-likeness (QED) is 0.742. The molecule has 2 aromatic rings. The van der Waals surface area contributed by atoms with Crippen LogP contribution < -0.4 is 10.6 Å². The van der Waals surface area contributed by atoms with Crippen molar-refractivity contribution in [2.45, 2.75) is 31.2 Å². The second-order valence-corrected chi connectivity index (χ2v) is 6.33. The molecule has 2 amide bonds. The van der Waals surface area contributed by atoms with Crippen LogP contribution in [0.2, 0.25) is 0 Å². The van der Waals surface area contributed by atoms with Gasteiger partial charge in [-0.25, -0.2) is 0 Å². The summed E-state index contributed by atoms with van der Waals surface area (Å²) in [6, 6.07) is 0.899. The molecule has 0 radical (unpaired) electrons. The normalized spacial score (nSPS) is 15.3. The number of amides is 2. The van der Waals surface area contributed by atoms with Crippen molar-refractivity contribution in [3.63, 3.8) is 0 Å². The second-order valence-electron chi connectivity index (χ2n) is 6.33. The number of aryl methyl sites for hydroxylation is 1. The fraction of sp³-hybridized carbons (Fsp3) is 0.278. The van der Waals surface area contributed by atoms with Crippen LogP contribution in [0, 0.1) is 0 Å². The van der Waals surface area contributed by atoms with Gasteiger partial charge in [-0.15, -0.1) is 0 Å². The number of pyridine rings is 1. The summed E-state index contributed by atoms with van der Waals surface area (Å²) in [5, 5.41) is 3.81. The number of nitrogens with one attached hydrogen (secondary N) is 2. The fourth-order valence-corrected chi connectivity index (χ4v) is 2.98. The molecule has 0 spiro atoms. The third-order valence-electron chi connectivity index (χ3n) is 4.31. The summed E-state index contributed by atoms with van der Waals surface area (Å²) in [4.78, 5) is 27.3. The van der Waals surface area contributed by atoms with Gasteiger partial charge < -0.3 is 10.6 Å². The lowest BCUT2D eigenvalue weighted by atomic mass is 9.92. The van der Waals surface area contributed by atoms with Crippen molar-refractivity contribution in [2.24, 2.45) is 0 Å². The maximum Gasteiger partial charge on any atom is 0.418 e. The molecule has 1 aromatic carbocycles. The molecule has 154 valence electrons. The Labute approximate surface area is 160 Å². The average molecular weight is 417 g/mol. The third kappa shape index (κ3) is 4.49. The Morgan fingerprint density at radius 1 is 1.07 bits per heavy atom. The van der Waals surface area contributed by atoms with Crippen LogP contribution in [0.25, 0.3) is 0 Å². The van der Waals surface area contributed by atoms with Crippen LogP contribution in [0.15, 0.2) is 36.7 Å². The van der Waals surface area contributed by atoms with Gasteiger partial charge in [-0.1, -0.05) is 6.07 Å². The van der Waals surface area contributed by atoms with Gasteiger partial charge in [-0.3, -0.25) is 14.6 Å². The zero-order chi connectivity index (χ0) is 21.4. The predicted molar refractivity (Wildman–Crippen MR) is 88.9 cm³/mol. The number of hydrogen-bond acceptors (Lipinski definition) is 3. The summed E-state index contributed by atoms with van der Waals surface area (Å²) < 4.78 is 81.2. The highest BCUT2D eigenvalue weighted by Crippen LogP contribution is 2.43. The van der Waals surface area contributed by atoms with Crippen molar-refractivity contribution in [3.05, 3.63) is 58.9 Å². The van der Waals surface area contributed by atoms with Crippen LogP contribution in [-0.2, 0) is 17.4 Å². The van der Waals surface area contributed by atoms with E-state index in [9.17, 15) is 35.9 Å². The van der Waals surface area contributed by atoms with Crippen molar-refractivity contribution >= 4 is 17.5 Å². The first kappa shape index (κ1) is 20.6. The molecule has 0 saturated heterocycles. The van der Waals surface area contributed by atoms with E-state index < -0.39 is 47.0 Å². The monoisotopic (exact) mass is 417 g/mol. The summed E-state index contributed by atoms with van der Waals surface area (Å²) in [7, 11) is 0. The first-order valence-electron chi connectivity index (χ1n) is 8.28. The second kappa shape index (κ2) is 7.37. The maximum absolute atomic E-state index is 13.6. The number of carbonyl (C=O) groups excluding carboxylic acids is 2. The molecule has 0 aliphatic carbocycles.